The highest BCUT2D eigenvalue weighted by molar-refractivity contribution is 5.94. The Hall–Kier alpha value is -3.54. The van der Waals surface area contributed by atoms with Crippen LogP contribution in [0.15, 0.2) is 73.3 Å². The summed E-state index contributed by atoms with van der Waals surface area (Å²) in [5, 5.41) is 5.73. The number of benzene rings is 1. The highest BCUT2D eigenvalue weighted by atomic mass is 16.2. The van der Waals surface area contributed by atoms with Crippen LogP contribution in [0.25, 0.3) is 0 Å². The van der Waals surface area contributed by atoms with Crippen LogP contribution in [-0.2, 0) is 13.1 Å². The molecule has 3 aromatic rings. The van der Waals surface area contributed by atoms with Gasteiger partial charge in [0, 0.05) is 49.0 Å². The number of rotatable bonds is 6. The molecule has 0 aliphatic rings. The summed E-state index contributed by atoms with van der Waals surface area (Å²) in [6.45, 7) is 0.871. The smallest absolute Gasteiger partial charge is 0.251 e. The number of nitrogens with one attached hydrogen (secondary N) is 2. The molecular formula is C20H18N4O2. The molecule has 0 spiro atoms. The Morgan fingerprint density at radius 1 is 0.615 bits per heavy atom. The summed E-state index contributed by atoms with van der Waals surface area (Å²) in [7, 11) is 0. The molecule has 0 radical (unpaired) electrons. The Balaban J connectivity index is 1.49. The SMILES string of the molecule is O=C(NCc1ccc(CNC(=O)c2ccncc2)cc1)c1ccncc1. The second-order valence-corrected chi connectivity index (χ2v) is 5.65. The third kappa shape index (κ3) is 4.73. The molecule has 2 N–H and O–H groups in total. The quantitative estimate of drug-likeness (QED) is 0.717. The standard InChI is InChI=1S/C20H18N4O2/c25-19(17-5-9-21-10-6-17)23-13-15-1-2-16(4-3-15)14-24-20(26)18-7-11-22-12-8-18/h1-12H,13-14H2,(H,23,25)(H,24,26). The lowest BCUT2D eigenvalue weighted by atomic mass is 10.1. The molecule has 2 heterocycles. The van der Waals surface area contributed by atoms with E-state index in [4.69, 9.17) is 0 Å². The number of amides is 2. The Morgan fingerprint density at radius 3 is 1.31 bits per heavy atom. The number of aromatic nitrogens is 2. The normalized spacial score (nSPS) is 10.2. The Bertz CT molecular complexity index is 791. The highest BCUT2D eigenvalue weighted by Gasteiger charge is 2.06. The van der Waals surface area contributed by atoms with E-state index in [2.05, 4.69) is 20.6 Å². The van der Waals surface area contributed by atoms with Gasteiger partial charge >= 0.3 is 0 Å². The maximum Gasteiger partial charge on any atom is 0.251 e. The van der Waals surface area contributed by atoms with Gasteiger partial charge in [-0.25, -0.2) is 0 Å². The first kappa shape index (κ1) is 17.3. The molecule has 0 atom stereocenters. The molecule has 0 unspecified atom stereocenters. The van der Waals surface area contributed by atoms with Crippen molar-refractivity contribution in [1.82, 2.24) is 20.6 Å². The van der Waals surface area contributed by atoms with Gasteiger partial charge in [0.2, 0.25) is 0 Å². The zero-order valence-corrected chi connectivity index (χ0v) is 14.1. The van der Waals surface area contributed by atoms with E-state index in [1.54, 1.807) is 49.1 Å². The van der Waals surface area contributed by atoms with Crippen LogP contribution < -0.4 is 10.6 Å². The van der Waals surface area contributed by atoms with Crippen molar-refractivity contribution in [2.24, 2.45) is 0 Å². The molecule has 0 aliphatic carbocycles. The van der Waals surface area contributed by atoms with Gasteiger partial charge in [-0.05, 0) is 35.4 Å². The average Bonchev–Trinajstić information content (AvgIpc) is 2.72. The average molecular weight is 346 g/mol. The predicted octanol–water partition coefficient (Wildman–Crippen LogP) is 2.34. The number of hydrogen-bond donors (Lipinski definition) is 2. The van der Waals surface area contributed by atoms with Crippen molar-refractivity contribution in [3.8, 4) is 0 Å². The molecule has 0 saturated carbocycles. The molecule has 0 aliphatic heterocycles. The fourth-order valence-corrected chi connectivity index (χ4v) is 2.35. The van der Waals surface area contributed by atoms with E-state index in [-0.39, 0.29) is 11.8 Å². The van der Waals surface area contributed by atoms with Crippen LogP contribution in [0.4, 0.5) is 0 Å². The summed E-state index contributed by atoms with van der Waals surface area (Å²) < 4.78 is 0. The van der Waals surface area contributed by atoms with Gasteiger partial charge in [-0.15, -0.1) is 0 Å². The molecule has 130 valence electrons. The molecule has 6 heteroatoms. The minimum absolute atomic E-state index is 0.138. The fourth-order valence-electron chi connectivity index (χ4n) is 2.35. The summed E-state index contributed by atoms with van der Waals surface area (Å²) in [6.07, 6.45) is 6.35. The molecule has 1 aromatic carbocycles. The molecule has 3 rings (SSSR count). The van der Waals surface area contributed by atoms with Gasteiger partial charge < -0.3 is 10.6 Å². The van der Waals surface area contributed by atoms with Crippen LogP contribution in [0.5, 0.6) is 0 Å². The van der Waals surface area contributed by atoms with Gasteiger partial charge in [0.25, 0.3) is 11.8 Å². The Labute approximate surface area is 151 Å². The summed E-state index contributed by atoms with van der Waals surface area (Å²) in [5.74, 6) is -0.276. The molecule has 0 bridgehead atoms. The second kappa shape index (κ2) is 8.53. The molecule has 0 fully saturated rings. The number of carbonyl (C=O) groups excluding carboxylic acids is 2. The zero-order chi connectivity index (χ0) is 18.2. The highest BCUT2D eigenvalue weighted by Crippen LogP contribution is 2.06. The van der Waals surface area contributed by atoms with Crippen LogP contribution in [0.1, 0.15) is 31.8 Å². The lowest BCUT2D eigenvalue weighted by Gasteiger charge is -2.08. The number of pyridine rings is 2. The zero-order valence-electron chi connectivity index (χ0n) is 14.1. The summed E-state index contributed by atoms with van der Waals surface area (Å²) in [6, 6.07) is 14.4. The van der Waals surface area contributed by atoms with E-state index >= 15 is 0 Å². The second-order valence-electron chi connectivity index (χ2n) is 5.65. The first-order valence-electron chi connectivity index (χ1n) is 8.16. The van der Waals surface area contributed by atoms with Crippen molar-refractivity contribution < 1.29 is 9.59 Å². The van der Waals surface area contributed by atoms with E-state index in [9.17, 15) is 9.59 Å². The molecule has 6 nitrogen and oxygen atoms in total. The molecule has 2 aromatic heterocycles. The van der Waals surface area contributed by atoms with Crippen molar-refractivity contribution in [3.05, 3.63) is 95.6 Å². The Morgan fingerprint density at radius 2 is 0.962 bits per heavy atom. The maximum absolute atomic E-state index is 12.0. The third-order valence-corrected chi connectivity index (χ3v) is 3.81. The molecule has 2 amide bonds. The van der Waals surface area contributed by atoms with Crippen molar-refractivity contribution in [3.63, 3.8) is 0 Å². The van der Waals surface area contributed by atoms with Crippen LogP contribution in [0, 0.1) is 0 Å². The fraction of sp³-hybridized carbons (Fsp3) is 0.100. The minimum atomic E-state index is -0.138. The van der Waals surface area contributed by atoms with E-state index in [1.807, 2.05) is 24.3 Å². The van der Waals surface area contributed by atoms with E-state index in [0.717, 1.165) is 11.1 Å². The summed E-state index contributed by atoms with van der Waals surface area (Å²) >= 11 is 0. The van der Waals surface area contributed by atoms with Gasteiger partial charge in [-0.3, -0.25) is 19.6 Å². The first-order chi connectivity index (χ1) is 12.7. The van der Waals surface area contributed by atoms with Gasteiger partial charge in [0.1, 0.15) is 0 Å². The largest absolute Gasteiger partial charge is 0.348 e. The minimum Gasteiger partial charge on any atom is -0.348 e. The van der Waals surface area contributed by atoms with E-state index < -0.39 is 0 Å². The topological polar surface area (TPSA) is 84.0 Å². The third-order valence-electron chi connectivity index (χ3n) is 3.81. The van der Waals surface area contributed by atoms with Crippen molar-refractivity contribution in [2.45, 2.75) is 13.1 Å². The van der Waals surface area contributed by atoms with Crippen LogP contribution in [0.2, 0.25) is 0 Å². The summed E-state index contributed by atoms with van der Waals surface area (Å²) in [5.41, 5.74) is 3.12. The predicted molar refractivity (Wildman–Crippen MR) is 97.3 cm³/mol. The molecule has 0 saturated heterocycles. The van der Waals surface area contributed by atoms with Gasteiger partial charge in [0.05, 0.1) is 0 Å². The van der Waals surface area contributed by atoms with Gasteiger partial charge in [-0.1, -0.05) is 24.3 Å². The van der Waals surface area contributed by atoms with Gasteiger partial charge in [0.15, 0.2) is 0 Å². The lowest BCUT2D eigenvalue weighted by molar-refractivity contribution is 0.0942. The van der Waals surface area contributed by atoms with Crippen molar-refractivity contribution in [1.29, 1.82) is 0 Å². The number of carbonyl (C=O) groups is 2. The maximum atomic E-state index is 12.0. The van der Waals surface area contributed by atoms with Crippen LogP contribution in [0.3, 0.4) is 0 Å². The van der Waals surface area contributed by atoms with Crippen molar-refractivity contribution in [2.75, 3.05) is 0 Å². The summed E-state index contributed by atoms with van der Waals surface area (Å²) in [4.78, 5) is 31.8. The molecule has 26 heavy (non-hydrogen) atoms. The van der Waals surface area contributed by atoms with Gasteiger partial charge in [-0.2, -0.15) is 0 Å². The Kier molecular flexibility index (Phi) is 5.67. The van der Waals surface area contributed by atoms with Crippen molar-refractivity contribution >= 4 is 11.8 Å². The monoisotopic (exact) mass is 346 g/mol. The first-order valence-corrected chi connectivity index (χ1v) is 8.16. The van der Waals surface area contributed by atoms with Crippen LogP contribution in [-0.4, -0.2) is 21.8 Å². The number of hydrogen-bond acceptors (Lipinski definition) is 4. The number of nitrogens with zero attached hydrogens (tertiary/aromatic N) is 2. The van der Waals surface area contributed by atoms with E-state index in [1.165, 1.54) is 0 Å². The lowest BCUT2D eigenvalue weighted by Crippen LogP contribution is -2.23. The molecular weight excluding hydrogens is 328 g/mol. The van der Waals surface area contributed by atoms with E-state index in [0.29, 0.717) is 24.2 Å². The van der Waals surface area contributed by atoms with Crippen LogP contribution >= 0.6 is 0 Å².